The summed E-state index contributed by atoms with van der Waals surface area (Å²) in [6, 6.07) is 11.3. The van der Waals surface area contributed by atoms with Gasteiger partial charge in [-0.3, -0.25) is 4.98 Å². The smallest absolute Gasteiger partial charge is 0.130 e. The van der Waals surface area contributed by atoms with Gasteiger partial charge in [0.1, 0.15) is 17.4 Å². The summed E-state index contributed by atoms with van der Waals surface area (Å²) in [7, 11) is 1.65. The second-order valence-corrected chi connectivity index (χ2v) is 8.34. The van der Waals surface area contributed by atoms with E-state index in [1.54, 1.807) is 19.3 Å². The van der Waals surface area contributed by atoms with Crippen molar-refractivity contribution in [1.82, 2.24) is 10.3 Å². The summed E-state index contributed by atoms with van der Waals surface area (Å²) in [6.07, 6.45) is 7.64. The first kappa shape index (κ1) is 23.3. The van der Waals surface area contributed by atoms with E-state index in [4.69, 9.17) is 15.2 Å². The summed E-state index contributed by atoms with van der Waals surface area (Å²) in [5, 5.41) is 4.43. The van der Waals surface area contributed by atoms with E-state index in [2.05, 4.69) is 10.3 Å². The number of fused-ring (bicyclic) bond motifs is 1. The second-order valence-electron chi connectivity index (χ2n) is 8.34. The van der Waals surface area contributed by atoms with Gasteiger partial charge >= 0.3 is 0 Å². The molecule has 0 bridgehead atoms. The molecule has 7 heteroatoms. The van der Waals surface area contributed by atoms with E-state index >= 15 is 0 Å². The predicted molar refractivity (Wildman–Crippen MR) is 126 cm³/mol. The number of halogens is 2. The number of nitrogens with zero attached hydrogens (tertiary/aromatic N) is 1. The Morgan fingerprint density at radius 2 is 2.09 bits per heavy atom. The molecule has 0 radical (unpaired) electrons. The van der Waals surface area contributed by atoms with Gasteiger partial charge in [0.15, 0.2) is 0 Å². The van der Waals surface area contributed by atoms with Crippen LogP contribution in [0.5, 0.6) is 5.75 Å². The van der Waals surface area contributed by atoms with Gasteiger partial charge in [-0.05, 0) is 67.3 Å². The SMILES string of the molecule is COc1ccc2nccc(CC(N)[C@@H]3CC[C@@H](NC/C=C/c4cc(F)ccc4F)CO3)c2c1. The zero-order valence-corrected chi connectivity index (χ0v) is 18.6. The van der Waals surface area contributed by atoms with Crippen molar-refractivity contribution in [3.05, 3.63) is 77.5 Å². The maximum atomic E-state index is 13.7. The van der Waals surface area contributed by atoms with Crippen LogP contribution in [-0.4, -0.2) is 43.4 Å². The number of nitrogens with two attached hydrogens (primary N) is 1. The Balaban J connectivity index is 1.27. The van der Waals surface area contributed by atoms with Crippen LogP contribution in [0.15, 0.2) is 54.7 Å². The quantitative estimate of drug-likeness (QED) is 0.534. The lowest BCUT2D eigenvalue weighted by molar-refractivity contribution is -0.0156. The van der Waals surface area contributed by atoms with Crippen LogP contribution in [0.2, 0.25) is 0 Å². The topological polar surface area (TPSA) is 69.4 Å². The summed E-state index contributed by atoms with van der Waals surface area (Å²) >= 11 is 0. The Hall–Kier alpha value is -2.87. The molecule has 0 spiro atoms. The highest BCUT2D eigenvalue weighted by Gasteiger charge is 2.26. The van der Waals surface area contributed by atoms with Crippen LogP contribution < -0.4 is 15.8 Å². The number of hydrogen-bond acceptors (Lipinski definition) is 5. The minimum absolute atomic E-state index is 0.0196. The monoisotopic (exact) mass is 453 g/mol. The van der Waals surface area contributed by atoms with Crippen molar-refractivity contribution < 1.29 is 18.3 Å². The molecule has 4 rings (SSSR count). The molecule has 0 aliphatic carbocycles. The minimum Gasteiger partial charge on any atom is -0.497 e. The zero-order valence-electron chi connectivity index (χ0n) is 18.6. The van der Waals surface area contributed by atoms with E-state index in [1.807, 2.05) is 30.5 Å². The molecule has 1 aliphatic heterocycles. The van der Waals surface area contributed by atoms with Crippen molar-refractivity contribution in [3.8, 4) is 5.75 Å². The number of hydrogen-bond donors (Lipinski definition) is 2. The minimum atomic E-state index is -0.453. The van der Waals surface area contributed by atoms with Crippen LogP contribution in [0.3, 0.4) is 0 Å². The van der Waals surface area contributed by atoms with Crippen molar-refractivity contribution in [1.29, 1.82) is 0 Å². The van der Waals surface area contributed by atoms with Crippen LogP contribution >= 0.6 is 0 Å². The number of pyridine rings is 1. The van der Waals surface area contributed by atoms with Crippen molar-refractivity contribution in [2.45, 2.75) is 37.5 Å². The fourth-order valence-corrected chi connectivity index (χ4v) is 4.21. The summed E-state index contributed by atoms with van der Waals surface area (Å²) in [5.74, 6) is -0.0980. The lowest BCUT2D eigenvalue weighted by Crippen LogP contribution is -2.47. The van der Waals surface area contributed by atoms with E-state index in [0.29, 0.717) is 19.6 Å². The first-order valence-corrected chi connectivity index (χ1v) is 11.2. The van der Waals surface area contributed by atoms with Crippen molar-refractivity contribution in [3.63, 3.8) is 0 Å². The Bertz CT molecular complexity index is 1110. The Kier molecular flexibility index (Phi) is 7.65. The normalized spacial score (nSPS) is 19.8. The summed E-state index contributed by atoms with van der Waals surface area (Å²) < 4.78 is 38.3. The molecular formula is C26H29F2N3O2. The fourth-order valence-electron chi connectivity index (χ4n) is 4.21. The van der Waals surface area contributed by atoms with Crippen LogP contribution in [0, 0.1) is 11.6 Å². The van der Waals surface area contributed by atoms with Crippen LogP contribution in [0.4, 0.5) is 8.78 Å². The highest BCUT2D eigenvalue weighted by Crippen LogP contribution is 2.25. The van der Waals surface area contributed by atoms with Crippen molar-refractivity contribution in [2.75, 3.05) is 20.3 Å². The molecule has 0 saturated carbocycles. The first-order chi connectivity index (χ1) is 16.0. The lowest BCUT2D eigenvalue weighted by atomic mass is 9.94. The van der Waals surface area contributed by atoms with Crippen LogP contribution in [-0.2, 0) is 11.2 Å². The average molecular weight is 454 g/mol. The molecule has 1 saturated heterocycles. The maximum absolute atomic E-state index is 13.7. The number of nitrogens with one attached hydrogen (secondary N) is 1. The summed E-state index contributed by atoms with van der Waals surface area (Å²) in [6.45, 7) is 1.11. The predicted octanol–water partition coefficient (Wildman–Crippen LogP) is 4.24. The van der Waals surface area contributed by atoms with Crippen LogP contribution in [0.1, 0.15) is 24.0 Å². The molecule has 33 heavy (non-hydrogen) atoms. The van der Waals surface area contributed by atoms with Gasteiger partial charge in [0.25, 0.3) is 0 Å². The standard InChI is InChI=1S/C26H29F2N3O2/c1-32-21-6-8-25-22(15-21)17(10-12-31-25)14-24(29)26-9-5-20(16-33-26)30-11-2-3-18-13-19(27)4-7-23(18)28/h2-4,6-8,10,12-13,15,20,24,26,30H,5,9,11,14,16,29H2,1H3/b3-2+/t20-,24?,26+/m1/s1. The molecule has 3 atom stereocenters. The maximum Gasteiger partial charge on any atom is 0.130 e. The molecule has 2 aromatic carbocycles. The molecule has 0 amide bonds. The van der Waals surface area contributed by atoms with E-state index in [-0.39, 0.29) is 23.8 Å². The van der Waals surface area contributed by atoms with Gasteiger partial charge in [0, 0.05) is 35.8 Å². The van der Waals surface area contributed by atoms with E-state index in [0.717, 1.165) is 47.2 Å². The third kappa shape index (κ3) is 5.93. The van der Waals surface area contributed by atoms with Gasteiger partial charge < -0.3 is 20.5 Å². The van der Waals surface area contributed by atoms with Gasteiger partial charge in [0.2, 0.25) is 0 Å². The van der Waals surface area contributed by atoms with Gasteiger partial charge in [-0.1, -0.05) is 12.2 Å². The van der Waals surface area contributed by atoms with Crippen molar-refractivity contribution >= 4 is 17.0 Å². The molecule has 1 fully saturated rings. The second kappa shape index (κ2) is 10.8. The molecule has 1 aromatic heterocycles. The van der Waals surface area contributed by atoms with Gasteiger partial charge in [-0.25, -0.2) is 8.78 Å². The Morgan fingerprint density at radius 3 is 2.88 bits per heavy atom. The molecular weight excluding hydrogens is 424 g/mol. The molecule has 3 N–H and O–H groups in total. The van der Waals surface area contributed by atoms with Crippen molar-refractivity contribution in [2.24, 2.45) is 5.73 Å². The number of methoxy groups -OCH3 is 1. The Morgan fingerprint density at radius 1 is 1.21 bits per heavy atom. The molecule has 1 unspecified atom stereocenters. The zero-order chi connectivity index (χ0) is 23.2. The number of rotatable bonds is 8. The van der Waals surface area contributed by atoms with E-state index in [9.17, 15) is 8.78 Å². The van der Waals surface area contributed by atoms with E-state index < -0.39 is 11.6 Å². The number of benzene rings is 2. The van der Waals surface area contributed by atoms with E-state index in [1.165, 1.54) is 6.07 Å². The fraction of sp³-hybridized carbons (Fsp3) is 0.346. The molecule has 5 nitrogen and oxygen atoms in total. The molecule has 3 aromatic rings. The largest absolute Gasteiger partial charge is 0.497 e. The third-order valence-electron chi connectivity index (χ3n) is 6.06. The summed E-state index contributed by atoms with van der Waals surface area (Å²) in [5.41, 5.74) is 8.81. The highest BCUT2D eigenvalue weighted by molar-refractivity contribution is 5.83. The average Bonchev–Trinajstić information content (AvgIpc) is 2.84. The van der Waals surface area contributed by atoms with Crippen LogP contribution in [0.25, 0.3) is 17.0 Å². The van der Waals surface area contributed by atoms with Gasteiger partial charge in [-0.15, -0.1) is 0 Å². The lowest BCUT2D eigenvalue weighted by Gasteiger charge is -2.33. The number of ether oxygens (including phenoxy) is 2. The molecule has 2 heterocycles. The molecule has 174 valence electrons. The van der Waals surface area contributed by atoms with Gasteiger partial charge in [0.05, 0.1) is 25.3 Å². The highest BCUT2D eigenvalue weighted by atomic mass is 19.1. The number of aromatic nitrogens is 1. The third-order valence-corrected chi connectivity index (χ3v) is 6.06. The summed E-state index contributed by atoms with van der Waals surface area (Å²) in [4.78, 5) is 4.43. The first-order valence-electron chi connectivity index (χ1n) is 11.2. The Labute approximate surface area is 192 Å². The van der Waals surface area contributed by atoms with Gasteiger partial charge in [-0.2, -0.15) is 0 Å². The molecule has 1 aliphatic rings.